The molecule has 1 aliphatic heterocycles. The highest BCUT2D eigenvalue weighted by Gasteiger charge is 2.33. The molecule has 0 aromatic carbocycles. The number of hydrogen-bond donors (Lipinski definition) is 1. The number of hydrogen-bond acceptors (Lipinski definition) is 8. The summed E-state index contributed by atoms with van der Waals surface area (Å²) in [5, 5.41) is 0.142. The fraction of sp³-hybridized carbons (Fsp3) is 0.333. The van der Waals surface area contributed by atoms with E-state index in [1.165, 1.54) is 22.0 Å². The van der Waals surface area contributed by atoms with Crippen LogP contribution in [0.4, 0.5) is 5.95 Å². The lowest BCUT2D eigenvalue weighted by Gasteiger charge is -2.33. The number of H-pyrrole nitrogens is 1. The molecule has 0 bridgehead atoms. The number of aromatic nitrogens is 4. The monoisotopic (exact) mass is 392 g/mol. The van der Waals surface area contributed by atoms with Crippen molar-refractivity contribution in [1.29, 1.82) is 0 Å². The average Bonchev–Trinajstić information content (AvgIpc) is 3.00. The Morgan fingerprint density at radius 3 is 2.50 bits per heavy atom. The number of nitrogens with one attached hydrogen (secondary N) is 1. The van der Waals surface area contributed by atoms with Crippen LogP contribution in [0.25, 0.3) is 10.2 Å². The lowest BCUT2D eigenvalue weighted by Crippen LogP contribution is -2.49. The highest BCUT2D eigenvalue weighted by Crippen LogP contribution is 2.33. The lowest BCUT2D eigenvalue weighted by molar-refractivity contribution is 0.383. The van der Waals surface area contributed by atoms with Gasteiger partial charge in [-0.05, 0) is 13.0 Å². The molecule has 3 aromatic heterocycles. The zero-order valence-electron chi connectivity index (χ0n) is 13.9. The predicted molar refractivity (Wildman–Crippen MR) is 98.0 cm³/mol. The van der Waals surface area contributed by atoms with Crippen LogP contribution >= 0.6 is 11.3 Å². The average molecular weight is 392 g/mol. The molecule has 0 aliphatic carbocycles. The van der Waals surface area contributed by atoms with Crippen molar-refractivity contribution in [3.8, 4) is 0 Å². The van der Waals surface area contributed by atoms with Crippen LogP contribution in [0.2, 0.25) is 0 Å². The Labute approximate surface area is 153 Å². The number of aryl methyl sites for hydroxylation is 1. The first-order valence-corrected chi connectivity index (χ1v) is 10.2. The summed E-state index contributed by atoms with van der Waals surface area (Å²) >= 11 is 1.21. The Bertz CT molecular complexity index is 1100. The van der Waals surface area contributed by atoms with Crippen LogP contribution in [-0.4, -0.2) is 58.8 Å². The third kappa shape index (κ3) is 2.77. The number of nitrogens with zero attached hydrogens (tertiary/aromatic N) is 5. The topological polar surface area (TPSA) is 112 Å². The van der Waals surface area contributed by atoms with Gasteiger partial charge in [0.2, 0.25) is 16.0 Å². The summed E-state index contributed by atoms with van der Waals surface area (Å²) in [7, 11) is -3.79. The molecular formula is C15H16N6O3S2. The molecule has 3 aromatic rings. The Morgan fingerprint density at radius 1 is 1.12 bits per heavy atom. The maximum atomic E-state index is 13.2. The van der Waals surface area contributed by atoms with Crippen molar-refractivity contribution in [3.05, 3.63) is 40.0 Å². The standard InChI is InChI=1S/C15H16N6O3S2/c1-10-12(11-13(22)18-9-19-14(11)25-10)26(23,24)21-7-5-20(6-8-21)15-16-3-2-4-17-15/h2-4,9H,5-8H2,1H3,(H,18,19,22). The summed E-state index contributed by atoms with van der Waals surface area (Å²) < 4.78 is 27.8. The molecule has 136 valence electrons. The van der Waals surface area contributed by atoms with Crippen molar-refractivity contribution in [2.75, 3.05) is 31.1 Å². The number of piperazine rings is 1. The molecule has 1 saturated heterocycles. The van der Waals surface area contributed by atoms with E-state index >= 15 is 0 Å². The zero-order valence-corrected chi connectivity index (χ0v) is 15.5. The molecule has 0 unspecified atom stereocenters. The minimum Gasteiger partial charge on any atom is -0.338 e. The lowest BCUT2D eigenvalue weighted by atomic mass is 10.4. The molecule has 1 fully saturated rings. The summed E-state index contributed by atoms with van der Waals surface area (Å²) in [5.74, 6) is 0.586. The van der Waals surface area contributed by atoms with Gasteiger partial charge >= 0.3 is 0 Å². The van der Waals surface area contributed by atoms with E-state index in [2.05, 4.69) is 19.9 Å². The first kappa shape index (κ1) is 17.1. The van der Waals surface area contributed by atoms with Gasteiger partial charge in [0.25, 0.3) is 5.56 Å². The molecule has 4 rings (SSSR count). The van der Waals surface area contributed by atoms with Crippen molar-refractivity contribution >= 4 is 37.5 Å². The van der Waals surface area contributed by atoms with E-state index in [0.29, 0.717) is 41.8 Å². The van der Waals surface area contributed by atoms with Crippen molar-refractivity contribution in [2.45, 2.75) is 11.8 Å². The summed E-state index contributed by atoms with van der Waals surface area (Å²) in [6.07, 6.45) is 4.60. The summed E-state index contributed by atoms with van der Waals surface area (Å²) in [4.78, 5) is 30.1. The van der Waals surface area contributed by atoms with Gasteiger partial charge in [0.05, 0.1) is 11.7 Å². The van der Waals surface area contributed by atoms with Gasteiger partial charge in [0.1, 0.15) is 9.73 Å². The fourth-order valence-electron chi connectivity index (χ4n) is 3.05. The van der Waals surface area contributed by atoms with Gasteiger partial charge in [-0.2, -0.15) is 4.31 Å². The highest BCUT2D eigenvalue weighted by molar-refractivity contribution is 7.89. The maximum absolute atomic E-state index is 13.2. The molecule has 1 N–H and O–H groups in total. The van der Waals surface area contributed by atoms with E-state index < -0.39 is 15.6 Å². The third-order valence-corrected chi connectivity index (χ3v) is 7.50. The van der Waals surface area contributed by atoms with Gasteiger partial charge in [-0.25, -0.2) is 23.4 Å². The molecule has 11 heteroatoms. The Kier molecular flexibility index (Phi) is 4.21. The second kappa shape index (κ2) is 6.41. The molecule has 26 heavy (non-hydrogen) atoms. The molecule has 9 nitrogen and oxygen atoms in total. The number of anilines is 1. The van der Waals surface area contributed by atoms with Crippen LogP contribution < -0.4 is 10.5 Å². The maximum Gasteiger partial charge on any atom is 0.260 e. The molecule has 0 spiro atoms. The van der Waals surface area contributed by atoms with Crippen molar-refractivity contribution in [2.24, 2.45) is 0 Å². The second-order valence-corrected chi connectivity index (χ2v) is 8.92. The molecule has 0 saturated carbocycles. The minimum atomic E-state index is -3.79. The summed E-state index contributed by atoms with van der Waals surface area (Å²) in [5.41, 5.74) is -0.436. The number of rotatable bonds is 3. The molecule has 4 heterocycles. The van der Waals surface area contributed by atoms with E-state index in [4.69, 9.17) is 0 Å². The number of fused-ring (bicyclic) bond motifs is 1. The smallest absolute Gasteiger partial charge is 0.260 e. The molecule has 0 radical (unpaired) electrons. The molecule has 1 aliphatic rings. The first-order chi connectivity index (χ1) is 12.5. The van der Waals surface area contributed by atoms with Crippen LogP contribution in [0.1, 0.15) is 4.88 Å². The quantitative estimate of drug-likeness (QED) is 0.694. The Morgan fingerprint density at radius 2 is 1.81 bits per heavy atom. The van der Waals surface area contributed by atoms with Crippen LogP contribution in [-0.2, 0) is 10.0 Å². The SMILES string of the molecule is Cc1sc2nc[nH]c(=O)c2c1S(=O)(=O)N1CCN(c2ncccn2)CC1. The minimum absolute atomic E-state index is 0.0660. The van der Waals surface area contributed by atoms with E-state index in [-0.39, 0.29) is 10.3 Å². The molecule has 0 atom stereocenters. The fourth-order valence-corrected chi connectivity index (χ4v) is 6.16. The van der Waals surface area contributed by atoms with Gasteiger partial charge in [0, 0.05) is 43.4 Å². The predicted octanol–water partition coefficient (Wildman–Crippen LogP) is 0.594. The normalized spacial score (nSPS) is 16.3. The summed E-state index contributed by atoms with van der Waals surface area (Å²) in [6.45, 7) is 3.27. The molecular weight excluding hydrogens is 376 g/mol. The Balaban J connectivity index is 1.65. The van der Waals surface area contributed by atoms with Gasteiger partial charge in [0.15, 0.2) is 0 Å². The summed E-state index contributed by atoms with van der Waals surface area (Å²) in [6, 6.07) is 1.74. The number of sulfonamides is 1. The Hall–Kier alpha value is -2.37. The number of thiophene rings is 1. The molecule has 0 amide bonds. The van der Waals surface area contributed by atoms with E-state index in [1.807, 2.05) is 4.90 Å². The van der Waals surface area contributed by atoms with E-state index in [1.54, 1.807) is 25.4 Å². The van der Waals surface area contributed by atoms with Crippen molar-refractivity contribution in [3.63, 3.8) is 0 Å². The van der Waals surface area contributed by atoms with E-state index in [9.17, 15) is 13.2 Å². The van der Waals surface area contributed by atoms with Crippen LogP contribution in [0.5, 0.6) is 0 Å². The van der Waals surface area contributed by atoms with Gasteiger partial charge in [-0.3, -0.25) is 4.79 Å². The van der Waals surface area contributed by atoms with Gasteiger partial charge < -0.3 is 9.88 Å². The van der Waals surface area contributed by atoms with Crippen LogP contribution in [0.15, 0.2) is 34.5 Å². The highest BCUT2D eigenvalue weighted by atomic mass is 32.2. The second-order valence-electron chi connectivity index (χ2n) is 5.84. The zero-order chi connectivity index (χ0) is 18.3. The van der Waals surface area contributed by atoms with E-state index in [0.717, 1.165) is 0 Å². The van der Waals surface area contributed by atoms with Gasteiger partial charge in [-0.15, -0.1) is 11.3 Å². The van der Waals surface area contributed by atoms with Crippen molar-refractivity contribution < 1.29 is 8.42 Å². The largest absolute Gasteiger partial charge is 0.338 e. The first-order valence-electron chi connectivity index (χ1n) is 7.97. The van der Waals surface area contributed by atoms with Crippen LogP contribution in [0.3, 0.4) is 0 Å². The van der Waals surface area contributed by atoms with Crippen molar-refractivity contribution in [1.82, 2.24) is 24.2 Å². The van der Waals surface area contributed by atoms with Crippen LogP contribution in [0, 0.1) is 6.92 Å². The van der Waals surface area contributed by atoms with Gasteiger partial charge in [-0.1, -0.05) is 0 Å². The third-order valence-electron chi connectivity index (χ3n) is 4.29. The number of aromatic amines is 1.